The fraction of sp³-hybridized carbons (Fsp3) is 0.294. The van der Waals surface area contributed by atoms with Gasteiger partial charge in [0.2, 0.25) is 0 Å². The molecule has 0 bridgehead atoms. The summed E-state index contributed by atoms with van der Waals surface area (Å²) in [4.78, 5) is 2.51. The molecule has 0 amide bonds. The lowest BCUT2D eigenvalue weighted by molar-refractivity contribution is 0.550. The van der Waals surface area contributed by atoms with Gasteiger partial charge in [-0.15, -0.1) is 0 Å². The van der Waals surface area contributed by atoms with Crippen LogP contribution in [0.2, 0.25) is 5.02 Å². The molecule has 1 nitrogen and oxygen atoms in total. The third-order valence-corrected chi connectivity index (χ3v) is 4.22. The second kappa shape index (κ2) is 7.72. The van der Waals surface area contributed by atoms with Gasteiger partial charge in [-0.05, 0) is 48.4 Å². The van der Waals surface area contributed by atoms with Gasteiger partial charge in [0.1, 0.15) is 0 Å². The monoisotopic (exact) mass is 305 g/mol. The van der Waals surface area contributed by atoms with Crippen molar-refractivity contribution in [2.24, 2.45) is 5.92 Å². The lowest BCUT2D eigenvalue weighted by Gasteiger charge is -2.12. The average molecular weight is 306 g/mol. The standard InChI is InChI=1S/C17H20ClNS/c1-13(2)11-19-12-14-10-15(18)8-9-17(14)20-16-6-4-3-5-7-16/h3-10,13,19H,11-12H2,1-2H3. The minimum absolute atomic E-state index is 0.652. The summed E-state index contributed by atoms with van der Waals surface area (Å²) in [6, 6.07) is 16.5. The van der Waals surface area contributed by atoms with E-state index >= 15 is 0 Å². The molecule has 0 saturated carbocycles. The van der Waals surface area contributed by atoms with Gasteiger partial charge >= 0.3 is 0 Å². The van der Waals surface area contributed by atoms with Crippen molar-refractivity contribution in [3.05, 3.63) is 59.1 Å². The lowest BCUT2D eigenvalue weighted by Crippen LogP contribution is -2.19. The fourth-order valence-electron chi connectivity index (χ4n) is 1.90. The smallest absolute Gasteiger partial charge is 0.0410 e. The van der Waals surface area contributed by atoms with Crippen LogP contribution >= 0.6 is 23.4 Å². The van der Waals surface area contributed by atoms with Crippen molar-refractivity contribution >= 4 is 23.4 Å². The van der Waals surface area contributed by atoms with Crippen LogP contribution in [0.3, 0.4) is 0 Å². The van der Waals surface area contributed by atoms with Crippen molar-refractivity contribution in [3.8, 4) is 0 Å². The molecule has 2 aromatic rings. The summed E-state index contributed by atoms with van der Waals surface area (Å²) >= 11 is 7.91. The first kappa shape index (κ1) is 15.4. The molecule has 0 aromatic heterocycles. The Kier molecular flexibility index (Phi) is 5.96. The van der Waals surface area contributed by atoms with Crippen LogP contribution in [0.4, 0.5) is 0 Å². The Morgan fingerprint density at radius 2 is 1.85 bits per heavy atom. The summed E-state index contributed by atoms with van der Waals surface area (Å²) in [5, 5.41) is 4.28. The average Bonchev–Trinajstić information content (AvgIpc) is 2.42. The molecule has 0 atom stereocenters. The van der Waals surface area contributed by atoms with Crippen LogP contribution in [-0.4, -0.2) is 6.54 Å². The first-order valence-electron chi connectivity index (χ1n) is 6.87. The van der Waals surface area contributed by atoms with E-state index in [9.17, 15) is 0 Å². The van der Waals surface area contributed by atoms with Crippen molar-refractivity contribution in [1.82, 2.24) is 5.32 Å². The number of halogens is 1. The fourth-order valence-corrected chi connectivity index (χ4v) is 3.04. The summed E-state index contributed by atoms with van der Waals surface area (Å²) in [6.45, 7) is 6.30. The third kappa shape index (κ3) is 4.86. The van der Waals surface area contributed by atoms with Gasteiger partial charge in [-0.3, -0.25) is 0 Å². The van der Waals surface area contributed by atoms with Crippen LogP contribution in [0.5, 0.6) is 0 Å². The van der Waals surface area contributed by atoms with Crippen LogP contribution in [0, 0.1) is 5.92 Å². The molecule has 2 aromatic carbocycles. The summed E-state index contributed by atoms with van der Waals surface area (Å²) in [5.74, 6) is 0.652. The Labute approximate surface area is 130 Å². The summed E-state index contributed by atoms with van der Waals surface area (Å²) in [5.41, 5.74) is 1.26. The molecule has 0 radical (unpaired) electrons. The molecular weight excluding hydrogens is 286 g/mol. The van der Waals surface area contributed by atoms with Gasteiger partial charge in [0.25, 0.3) is 0 Å². The van der Waals surface area contributed by atoms with E-state index in [2.05, 4.69) is 55.6 Å². The Hall–Kier alpha value is -0.960. The van der Waals surface area contributed by atoms with Crippen molar-refractivity contribution in [3.63, 3.8) is 0 Å². The molecule has 20 heavy (non-hydrogen) atoms. The van der Waals surface area contributed by atoms with Gasteiger partial charge in [0.05, 0.1) is 0 Å². The summed E-state index contributed by atoms with van der Waals surface area (Å²) in [7, 11) is 0. The Morgan fingerprint density at radius 3 is 2.55 bits per heavy atom. The molecule has 0 aliphatic rings. The largest absolute Gasteiger partial charge is 0.312 e. The number of nitrogens with one attached hydrogen (secondary N) is 1. The van der Waals surface area contributed by atoms with Crippen LogP contribution < -0.4 is 5.32 Å². The van der Waals surface area contributed by atoms with E-state index in [4.69, 9.17) is 11.6 Å². The molecule has 2 rings (SSSR count). The van der Waals surface area contributed by atoms with Crippen LogP contribution in [-0.2, 0) is 6.54 Å². The molecule has 3 heteroatoms. The topological polar surface area (TPSA) is 12.0 Å². The Bertz CT molecular complexity index is 540. The molecular formula is C17H20ClNS. The highest BCUT2D eigenvalue weighted by molar-refractivity contribution is 7.99. The van der Waals surface area contributed by atoms with Gasteiger partial charge in [0.15, 0.2) is 0 Å². The van der Waals surface area contributed by atoms with Crippen molar-refractivity contribution in [2.45, 2.75) is 30.2 Å². The second-order valence-corrected chi connectivity index (χ2v) is 6.74. The van der Waals surface area contributed by atoms with Gasteiger partial charge in [-0.25, -0.2) is 0 Å². The quantitative estimate of drug-likeness (QED) is 0.783. The highest BCUT2D eigenvalue weighted by atomic mass is 35.5. The number of hydrogen-bond donors (Lipinski definition) is 1. The van der Waals surface area contributed by atoms with Gasteiger partial charge in [-0.2, -0.15) is 0 Å². The third-order valence-electron chi connectivity index (χ3n) is 2.86. The SMILES string of the molecule is CC(C)CNCc1cc(Cl)ccc1Sc1ccccc1. The molecule has 0 saturated heterocycles. The Balaban J connectivity index is 2.11. The maximum absolute atomic E-state index is 6.12. The number of hydrogen-bond acceptors (Lipinski definition) is 2. The van der Waals surface area contributed by atoms with Crippen molar-refractivity contribution in [1.29, 1.82) is 0 Å². The predicted octanol–water partition coefficient (Wildman–Crippen LogP) is 5.24. The van der Waals surface area contributed by atoms with E-state index < -0.39 is 0 Å². The molecule has 0 unspecified atom stereocenters. The van der Waals surface area contributed by atoms with E-state index in [1.807, 2.05) is 12.1 Å². The zero-order valence-electron chi connectivity index (χ0n) is 11.9. The molecule has 0 fully saturated rings. The zero-order valence-corrected chi connectivity index (χ0v) is 13.5. The van der Waals surface area contributed by atoms with Crippen molar-refractivity contribution in [2.75, 3.05) is 6.54 Å². The van der Waals surface area contributed by atoms with Crippen LogP contribution in [0.15, 0.2) is 58.3 Å². The van der Waals surface area contributed by atoms with Crippen molar-refractivity contribution < 1.29 is 0 Å². The summed E-state index contributed by atoms with van der Waals surface area (Å²) < 4.78 is 0. The van der Waals surface area contributed by atoms with E-state index in [1.165, 1.54) is 15.4 Å². The predicted molar refractivity (Wildman–Crippen MR) is 88.6 cm³/mol. The maximum atomic E-state index is 6.12. The van der Waals surface area contributed by atoms with E-state index in [-0.39, 0.29) is 0 Å². The Morgan fingerprint density at radius 1 is 1.10 bits per heavy atom. The molecule has 1 N–H and O–H groups in total. The second-order valence-electron chi connectivity index (χ2n) is 5.19. The molecule has 0 heterocycles. The highest BCUT2D eigenvalue weighted by Crippen LogP contribution is 2.31. The molecule has 0 spiro atoms. The van der Waals surface area contributed by atoms with E-state index in [0.29, 0.717) is 5.92 Å². The number of rotatable bonds is 6. The first-order valence-corrected chi connectivity index (χ1v) is 8.06. The van der Waals surface area contributed by atoms with Gasteiger partial charge in [-0.1, -0.05) is 55.4 Å². The maximum Gasteiger partial charge on any atom is 0.0410 e. The van der Waals surface area contributed by atoms with Crippen LogP contribution in [0.1, 0.15) is 19.4 Å². The van der Waals surface area contributed by atoms with E-state index in [1.54, 1.807) is 11.8 Å². The summed E-state index contributed by atoms with van der Waals surface area (Å²) in [6.07, 6.45) is 0. The first-order chi connectivity index (χ1) is 9.65. The lowest BCUT2D eigenvalue weighted by atomic mass is 10.2. The molecule has 106 valence electrons. The van der Waals surface area contributed by atoms with E-state index in [0.717, 1.165) is 18.1 Å². The van der Waals surface area contributed by atoms with Gasteiger partial charge in [0, 0.05) is 21.4 Å². The van der Waals surface area contributed by atoms with Gasteiger partial charge < -0.3 is 5.32 Å². The minimum Gasteiger partial charge on any atom is -0.312 e. The highest BCUT2D eigenvalue weighted by Gasteiger charge is 2.06. The minimum atomic E-state index is 0.652. The zero-order chi connectivity index (χ0) is 14.4. The normalized spacial score (nSPS) is 11.0. The molecule has 0 aliphatic carbocycles. The molecule has 0 aliphatic heterocycles. The number of benzene rings is 2. The van der Waals surface area contributed by atoms with Crippen LogP contribution in [0.25, 0.3) is 0 Å².